The highest BCUT2D eigenvalue weighted by atomic mass is 32.1. The van der Waals surface area contributed by atoms with E-state index in [2.05, 4.69) is 68.4 Å². The molecular weight excluding hydrogens is 364 g/mol. The largest absolute Gasteiger partial charge is 0.351 e. The van der Waals surface area contributed by atoms with Crippen LogP contribution < -0.4 is 10.2 Å². The normalized spacial score (nSPS) is 22.6. The molecule has 142 valence electrons. The number of nitrogens with zero attached hydrogens (tertiary/aromatic N) is 3. The van der Waals surface area contributed by atoms with Crippen LogP contribution in [-0.4, -0.2) is 14.7 Å². The van der Waals surface area contributed by atoms with Crippen molar-refractivity contribution in [2.75, 3.05) is 4.90 Å². The van der Waals surface area contributed by atoms with Gasteiger partial charge in [0.1, 0.15) is 6.04 Å². The van der Waals surface area contributed by atoms with E-state index < -0.39 is 0 Å². The van der Waals surface area contributed by atoms with E-state index >= 15 is 0 Å². The van der Waals surface area contributed by atoms with Crippen LogP contribution in [0.15, 0.2) is 73.1 Å². The van der Waals surface area contributed by atoms with Gasteiger partial charge >= 0.3 is 0 Å². The van der Waals surface area contributed by atoms with Crippen molar-refractivity contribution < 1.29 is 0 Å². The predicted octanol–water partition coefficient (Wildman–Crippen LogP) is 5.18. The molecule has 3 aromatic rings. The van der Waals surface area contributed by atoms with Crippen molar-refractivity contribution >= 4 is 23.0 Å². The molecule has 1 aromatic carbocycles. The highest BCUT2D eigenvalue weighted by Crippen LogP contribution is 2.43. The fraction of sp³-hybridized carbons (Fsp3) is 0.304. The summed E-state index contributed by atoms with van der Waals surface area (Å²) in [5.41, 5.74) is 3.44. The van der Waals surface area contributed by atoms with Crippen LogP contribution in [0, 0.1) is 0 Å². The number of nitrogens with one attached hydrogen (secondary N) is 1. The minimum absolute atomic E-state index is 0.0176. The van der Waals surface area contributed by atoms with E-state index in [1.165, 1.54) is 31.4 Å². The minimum atomic E-state index is 0.0176. The van der Waals surface area contributed by atoms with Gasteiger partial charge in [-0.3, -0.25) is 4.98 Å². The molecule has 0 radical (unpaired) electrons. The number of hydrogen-bond acceptors (Lipinski definition) is 2. The molecule has 0 amide bonds. The van der Waals surface area contributed by atoms with Crippen LogP contribution in [0.2, 0.25) is 0 Å². The number of aromatic nitrogens is 2. The van der Waals surface area contributed by atoms with Gasteiger partial charge in [0.05, 0.1) is 11.7 Å². The molecule has 1 saturated carbocycles. The molecular formula is C23H24N4S. The zero-order valence-electron chi connectivity index (χ0n) is 15.7. The van der Waals surface area contributed by atoms with Gasteiger partial charge < -0.3 is 14.8 Å². The highest BCUT2D eigenvalue weighted by Gasteiger charge is 2.42. The summed E-state index contributed by atoms with van der Waals surface area (Å²) in [6, 6.07) is 21.6. The lowest BCUT2D eigenvalue weighted by atomic mass is 10.0. The lowest BCUT2D eigenvalue weighted by Crippen LogP contribution is -2.30. The van der Waals surface area contributed by atoms with Crippen LogP contribution in [-0.2, 0) is 0 Å². The topological polar surface area (TPSA) is 33.1 Å². The van der Waals surface area contributed by atoms with E-state index in [4.69, 9.17) is 12.2 Å². The first-order valence-corrected chi connectivity index (χ1v) is 10.5. The van der Waals surface area contributed by atoms with Crippen molar-refractivity contribution in [3.8, 4) is 0 Å². The maximum Gasteiger partial charge on any atom is 0.174 e. The molecule has 0 unspecified atom stereocenters. The van der Waals surface area contributed by atoms with E-state index in [-0.39, 0.29) is 12.1 Å². The van der Waals surface area contributed by atoms with Gasteiger partial charge in [-0.05, 0) is 61.5 Å². The molecule has 2 atom stereocenters. The quantitative estimate of drug-likeness (QED) is 0.625. The third kappa shape index (κ3) is 3.00. The average Bonchev–Trinajstić information content (AvgIpc) is 3.48. The van der Waals surface area contributed by atoms with Crippen molar-refractivity contribution in [1.82, 2.24) is 14.9 Å². The van der Waals surface area contributed by atoms with Crippen molar-refractivity contribution in [1.29, 1.82) is 0 Å². The first-order valence-electron chi connectivity index (χ1n) is 10.1. The van der Waals surface area contributed by atoms with E-state index in [0.29, 0.717) is 6.04 Å². The number of thiocarbonyl (C=S) groups is 1. The Morgan fingerprint density at radius 1 is 0.929 bits per heavy atom. The highest BCUT2D eigenvalue weighted by molar-refractivity contribution is 7.80. The van der Waals surface area contributed by atoms with Gasteiger partial charge in [-0.25, -0.2) is 0 Å². The van der Waals surface area contributed by atoms with Gasteiger partial charge in [-0.1, -0.05) is 37.1 Å². The number of benzene rings is 1. The van der Waals surface area contributed by atoms with Gasteiger partial charge in [-0.15, -0.1) is 0 Å². The minimum Gasteiger partial charge on any atom is -0.351 e. The van der Waals surface area contributed by atoms with Crippen molar-refractivity contribution in [2.45, 2.75) is 43.8 Å². The van der Waals surface area contributed by atoms with Crippen LogP contribution in [0.25, 0.3) is 0 Å². The Bertz CT molecular complexity index is 947. The van der Waals surface area contributed by atoms with E-state index in [9.17, 15) is 0 Å². The fourth-order valence-corrected chi connectivity index (χ4v) is 5.04. The smallest absolute Gasteiger partial charge is 0.174 e. The molecule has 2 fully saturated rings. The van der Waals surface area contributed by atoms with Crippen molar-refractivity contribution in [3.05, 3.63) is 84.4 Å². The Hall–Kier alpha value is -2.66. The zero-order valence-corrected chi connectivity index (χ0v) is 16.6. The van der Waals surface area contributed by atoms with Crippen LogP contribution in [0.1, 0.15) is 55.2 Å². The summed E-state index contributed by atoms with van der Waals surface area (Å²) >= 11 is 5.81. The van der Waals surface area contributed by atoms with Gasteiger partial charge in [0, 0.05) is 29.8 Å². The van der Waals surface area contributed by atoms with Gasteiger partial charge in [-0.2, -0.15) is 0 Å². The Labute approximate surface area is 171 Å². The molecule has 28 heavy (non-hydrogen) atoms. The molecule has 2 aromatic heterocycles. The summed E-state index contributed by atoms with van der Waals surface area (Å²) in [4.78, 5) is 6.91. The van der Waals surface area contributed by atoms with Gasteiger partial charge in [0.25, 0.3) is 0 Å². The molecule has 0 spiro atoms. The van der Waals surface area contributed by atoms with Crippen LogP contribution in [0.5, 0.6) is 0 Å². The zero-order chi connectivity index (χ0) is 18.9. The second kappa shape index (κ2) is 7.40. The molecule has 5 rings (SSSR count). The first-order chi connectivity index (χ1) is 13.8. The Morgan fingerprint density at radius 3 is 2.46 bits per heavy atom. The Balaban J connectivity index is 1.62. The SMILES string of the molecule is S=C1N[C@@H](c2ccccn2)[C@@H](c2cccn2C2CCCC2)N1c1ccccc1. The van der Waals surface area contributed by atoms with Gasteiger partial charge in [0.15, 0.2) is 5.11 Å². The van der Waals surface area contributed by atoms with E-state index in [0.717, 1.165) is 16.5 Å². The maximum atomic E-state index is 5.81. The number of anilines is 1. The molecule has 0 bridgehead atoms. The number of pyridine rings is 1. The van der Waals surface area contributed by atoms with Crippen molar-refractivity contribution in [2.24, 2.45) is 0 Å². The maximum absolute atomic E-state index is 5.81. The summed E-state index contributed by atoms with van der Waals surface area (Å²) in [6.45, 7) is 0. The standard InChI is InChI=1S/C23H24N4S/c28-23-25-21(19-13-6-7-15-24-19)22(27(23)18-11-2-1-3-12-18)20-14-8-16-26(20)17-9-4-5-10-17/h1-3,6-8,11-17,21-22H,4-5,9-10H2,(H,25,28)/t21-,22+/m0/s1. The molecule has 1 aliphatic heterocycles. The van der Waals surface area contributed by atoms with Crippen LogP contribution in [0.4, 0.5) is 5.69 Å². The molecule has 1 saturated heterocycles. The van der Waals surface area contributed by atoms with Crippen LogP contribution >= 0.6 is 12.2 Å². The third-order valence-corrected chi connectivity index (χ3v) is 6.28. The fourth-order valence-electron chi connectivity index (χ4n) is 4.69. The molecule has 3 heterocycles. The molecule has 5 heteroatoms. The second-order valence-corrected chi connectivity index (χ2v) is 8.00. The lowest BCUT2D eigenvalue weighted by Gasteiger charge is -2.30. The lowest BCUT2D eigenvalue weighted by molar-refractivity contribution is 0.461. The summed E-state index contributed by atoms with van der Waals surface area (Å²) < 4.78 is 2.49. The first kappa shape index (κ1) is 17.4. The summed E-state index contributed by atoms with van der Waals surface area (Å²) in [5, 5.41) is 4.31. The number of hydrogen-bond donors (Lipinski definition) is 1. The summed E-state index contributed by atoms with van der Waals surface area (Å²) in [7, 11) is 0. The Morgan fingerprint density at radius 2 is 1.71 bits per heavy atom. The Kier molecular flexibility index (Phi) is 4.61. The molecule has 4 nitrogen and oxygen atoms in total. The summed E-state index contributed by atoms with van der Waals surface area (Å²) in [5.74, 6) is 0. The van der Waals surface area contributed by atoms with Crippen LogP contribution in [0.3, 0.4) is 0 Å². The third-order valence-electron chi connectivity index (χ3n) is 5.97. The van der Waals surface area contributed by atoms with Crippen molar-refractivity contribution in [3.63, 3.8) is 0 Å². The molecule has 1 N–H and O–H groups in total. The van der Waals surface area contributed by atoms with E-state index in [1.54, 1.807) is 0 Å². The molecule has 2 aliphatic rings. The monoisotopic (exact) mass is 388 g/mol. The van der Waals surface area contributed by atoms with E-state index in [1.807, 2.05) is 24.4 Å². The van der Waals surface area contributed by atoms with Gasteiger partial charge in [0.2, 0.25) is 0 Å². The average molecular weight is 389 g/mol. The molecule has 1 aliphatic carbocycles. The summed E-state index contributed by atoms with van der Waals surface area (Å²) in [6.07, 6.45) is 9.24. The second-order valence-electron chi connectivity index (χ2n) is 7.61. The predicted molar refractivity (Wildman–Crippen MR) is 116 cm³/mol. The number of para-hydroxylation sites is 1. The number of rotatable bonds is 4.